The average Bonchev–Trinajstić information content (AvgIpc) is 3.44. The van der Waals surface area contributed by atoms with Gasteiger partial charge in [-0.2, -0.15) is 8.78 Å². The van der Waals surface area contributed by atoms with Crippen LogP contribution in [0.25, 0.3) is 16.9 Å². The fraction of sp³-hybridized carbons (Fsp3) is 0.273. The summed E-state index contributed by atoms with van der Waals surface area (Å²) in [5, 5.41) is 1.43. The number of hydrogen-bond acceptors (Lipinski definition) is 4. The molecule has 1 aliphatic rings. The SMILES string of the molecule is O=C(CSc1ncc(-c2ccc(Cl)c(Cl)c2)n1-c1ccc(OC(F)F)cc1)N1CCCC1. The number of hydrogen-bond donors (Lipinski definition) is 0. The van der Waals surface area contributed by atoms with Gasteiger partial charge in [0, 0.05) is 24.3 Å². The van der Waals surface area contributed by atoms with E-state index in [-0.39, 0.29) is 17.4 Å². The summed E-state index contributed by atoms with van der Waals surface area (Å²) in [5.74, 6) is 0.377. The molecule has 3 aromatic rings. The van der Waals surface area contributed by atoms with E-state index in [1.165, 1.54) is 23.9 Å². The van der Waals surface area contributed by atoms with Crippen molar-refractivity contribution in [2.45, 2.75) is 24.6 Å². The molecule has 168 valence electrons. The van der Waals surface area contributed by atoms with Gasteiger partial charge in [-0.25, -0.2) is 4.98 Å². The second-order valence-electron chi connectivity index (χ2n) is 7.14. The Morgan fingerprint density at radius 2 is 1.81 bits per heavy atom. The van der Waals surface area contributed by atoms with E-state index in [4.69, 9.17) is 23.2 Å². The maximum atomic E-state index is 12.5. The molecule has 0 bridgehead atoms. The molecule has 5 nitrogen and oxygen atoms in total. The number of alkyl halides is 2. The first kappa shape index (κ1) is 22.9. The third-order valence-electron chi connectivity index (χ3n) is 5.05. The zero-order valence-electron chi connectivity index (χ0n) is 16.8. The van der Waals surface area contributed by atoms with Gasteiger partial charge < -0.3 is 9.64 Å². The molecule has 4 rings (SSSR count). The lowest BCUT2D eigenvalue weighted by Crippen LogP contribution is -2.29. The number of carbonyl (C=O) groups excluding carboxylic acids is 1. The smallest absolute Gasteiger partial charge is 0.387 e. The minimum atomic E-state index is -2.90. The summed E-state index contributed by atoms with van der Waals surface area (Å²) in [6.07, 6.45) is 3.74. The molecule has 0 spiro atoms. The van der Waals surface area contributed by atoms with E-state index in [1.807, 2.05) is 15.5 Å². The monoisotopic (exact) mass is 497 g/mol. The molecule has 2 aromatic carbocycles. The molecule has 0 saturated carbocycles. The number of aromatic nitrogens is 2. The van der Waals surface area contributed by atoms with Crippen molar-refractivity contribution in [3.63, 3.8) is 0 Å². The van der Waals surface area contributed by atoms with E-state index in [2.05, 4.69) is 9.72 Å². The quantitative estimate of drug-likeness (QED) is 0.366. The van der Waals surface area contributed by atoms with Crippen LogP contribution in [0, 0.1) is 0 Å². The van der Waals surface area contributed by atoms with E-state index in [1.54, 1.807) is 30.5 Å². The Labute approximate surface area is 198 Å². The lowest BCUT2D eigenvalue weighted by atomic mass is 10.1. The number of thioether (sulfide) groups is 1. The molecule has 10 heteroatoms. The third-order valence-corrected chi connectivity index (χ3v) is 6.72. The Balaban J connectivity index is 1.67. The summed E-state index contributed by atoms with van der Waals surface area (Å²) >= 11 is 13.6. The molecular weight excluding hydrogens is 479 g/mol. The second-order valence-corrected chi connectivity index (χ2v) is 8.90. The first-order valence-corrected chi connectivity index (χ1v) is 11.7. The van der Waals surface area contributed by atoms with Gasteiger partial charge in [-0.3, -0.25) is 9.36 Å². The first-order valence-electron chi connectivity index (χ1n) is 9.91. The number of likely N-dealkylation sites (tertiary alicyclic amines) is 1. The Kier molecular flexibility index (Phi) is 7.23. The van der Waals surface area contributed by atoms with Crippen molar-refractivity contribution in [3.8, 4) is 22.7 Å². The fourth-order valence-corrected chi connectivity index (χ4v) is 4.70. The zero-order chi connectivity index (χ0) is 22.7. The number of imidazole rings is 1. The molecule has 1 amide bonds. The highest BCUT2D eigenvalue weighted by atomic mass is 35.5. The van der Waals surface area contributed by atoms with Crippen LogP contribution in [0.5, 0.6) is 5.75 Å². The highest BCUT2D eigenvalue weighted by molar-refractivity contribution is 7.99. The van der Waals surface area contributed by atoms with Crippen LogP contribution < -0.4 is 4.74 Å². The van der Waals surface area contributed by atoms with Crippen LogP contribution in [0.2, 0.25) is 10.0 Å². The van der Waals surface area contributed by atoms with E-state index in [0.717, 1.165) is 37.2 Å². The highest BCUT2D eigenvalue weighted by Gasteiger charge is 2.21. The van der Waals surface area contributed by atoms with Crippen molar-refractivity contribution in [2.24, 2.45) is 0 Å². The van der Waals surface area contributed by atoms with Crippen molar-refractivity contribution < 1.29 is 18.3 Å². The van der Waals surface area contributed by atoms with Crippen molar-refractivity contribution in [2.75, 3.05) is 18.8 Å². The average molecular weight is 498 g/mol. The number of amides is 1. The molecule has 2 heterocycles. The molecule has 0 atom stereocenters. The molecule has 0 N–H and O–H groups in total. The van der Waals surface area contributed by atoms with Gasteiger partial charge in [0.2, 0.25) is 5.91 Å². The van der Waals surface area contributed by atoms with E-state index < -0.39 is 6.61 Å². The lowest BCUT2D eigenvalue weighted by Gasteiger charge is -2.16. The molecule has 0 radical (unpaired) electrons. The van der Waals surface area contributed by atoms with Gasteiger partial charge in [0.1, 0.15) is 5.75 Å². The van der Waals surface area contributed by atoms with Gasteiger partial charge in [-0.1, -0.05) is 41.0 Å². The van der Waals surface area contributed by atoms with Gasteiger partial charge >= 0.3 is 6.61 Å². The zero-order valence-corrected chi connectivity index (χ0v) is 19.1. The molecule has 0 unspecified atom stereocenters. The van der Waals surface area contributed by atoms with Crippen LogP contribution in [-0.4, -0.2) is 45.8 Å². The third kappa shape index (κ3) is 5.19. The first-order chi connectivity index (χ1) is 15.4. The number of rotatable bonds is 7. The van der Waals surface area contributed by atoms with E-state index in [9.17, 15) is 13.6 Å². The number of nitrogens with zero attached hydrogens (tertiary/aromatic N) is 3. The van der Waals surface area contributed by atoms with Crippen LogP contribution in [0.1, 0.15) is 12.8 Å². The molecule has 1 aliphatic heterocycles. The van der Waals surface area contributed by atoms with Crippen molar-refractivity contribution in [1.29, 1.82) is 0 Å². The van der Waals surface area contributed by atoms with Gasteiger partial charge in [0.25, 0.3) is 0 Å². The molecule has 0 aliphatic carbocycles. The Morgan fingerprint density at radius 3 is 2.47 bits per heavy atom. The lowest BCUT2D eigenvalue weighted by molar-refractivity contribution is -0.127. The number of carbonyl (C=O) groups is 1. The molecule has 1 saturated heterocycles. The van der Waals surface area contributed by atoms with Gasteiger partial charge in [0.15, 0.2) is 5.16 Å². The Bertz CT molecular complexity index is 1100. The molecular formula is C22H19Cl2F2N3O2S. The Hall–Kier alpha value is -2.29. The van der Waals surface area contributed by atoms with Crippen molar-refractivity contribution in [3.05, 3.63) is 58.7 Å². The van der Waals surface area contributed by atoms with Crippen LogP contribution in [0.4, 0.5) is 8.78 Å². The standard InChI is InChI=1S/C22H19Cl2F2N3O2S/c23-17-8-3-14(11-18(17)24)19-12-27-22(32-13-20(30)28-9-1-2-10-28)29(19)15-4-6-16(7-5-15)31-21(25)26/h3-8,11-12,21H,1-2,9-10,13H2. The minimum Gasteiger partial charge on any atom is -0.435 e. The maximum absolute atomic E-state index is 12.5. The fourth-order valence-electron chi connectivity index (χ4n) is 3.51. The molecule has 32 heavy (non-hydrogen) atoms. The second kappa shape index (κ2) is 10.1. The minimum absolute atomic E-state index is 0.0540. The molecule has 1 aromatic heterocycles. The topological polar surface area (TPSA) is 47.4 Å². The predicted octanol–water partition coefficient (Wildman–Crippen LogP) is 6.16. The highest BCUT2D eigenvalue weighted by Crippen LogP contribution is 2.34. The van der Waals surface area contributed by atoms with Crippen LogP contribution >= 0.6 is 35.0 Å². The van der Waals surface area contributed by atoms with Crippen molar-refractivity contribution >= 4 is 40.9 Å². The van der Waals surface area contributed by atoms with Gasteiger partial charge in [0.05, 0.1) is 27.7 Å². The number of benzene rings is 2. The maximum Gasteiger partial charge on any atom is 0.387 e. The molecule has 1 fully saturated rings. The number of ether oxygens (including phenoxy) is 1. The summed E-state index contributed by atoms with van der Waals surface area (Å²) in [5.41, 5.74) is 2.18. The summed E-state index contributed by atoms with van der Waals surface area (Å²) in [6, 6.07) is 11.5. The van der Waals surface area contributed by atoms with E-state index in [0.29, 0.717) is 20.9 Å². The van der Waals surface area contributed by atoms with Gasteiger partial charge in [-0.15, -0.1) is 0 Å². The summed E-state index contributed by atoms with van der Waals surface area (Å²) in [6.45, 7) is -1.33. The summed E-state index contributed by atoms with van der Waals surface area (Å²) in [4.78, 5) is 18.9. The Morgan fingerprint density at radius 1 is 1.09 bits per heavy atom. The largest absolute Gasteiger partial charge is 0.435 e. The van der Waals surface area contributed by atoms with E-state index >= 15 is 0 Å². The van der Waals surface area contributed by atoms with Crippen LogP contribution in [0.3, 0.4) is 0 Å². The van der Waals surface area contributed by atoms with Crippen molar-refractivity contribution in [1.82, 2.24) is 14.5 Å². The van der Waals surface area contributed by atoms with Gasteiger partial charge in [-0.05, 0) is 49.2 Å². The normalized spacial score (nSPS) is 13.7. The predicted molar refractivity (Wildman–Crippen MR) is 122 cm³/mol. The summed E-state index contributed by atoms with van der Waals surface area (Å²) in [7, 11) is 0. The van der Waals surface area contributed by atoms with Crippen LogP contribution in [-0.2, 0) is 4.79 Å². The number of halogens is 4. The van der Waals surface area contributed by atoms with Crippen LogP contribution in [0.15, 0.2) is 53.8 Å². The summed E-state index contributed by atoms with van der Waals surface area (Å²) < 4.78 is 31.3.